The van der Waals surface area contributed by atoms with E-state index in [1.807, 2.05) is 13.8 Å². The first-order valence-electron chi connectivity index (χ1n) is 9.95. The summed E-state index contributed by atoms with van der Waals surface area (Å²) in [6, 6.07) is -0.147. The van der Waals surface area contributed by atoms with Crippen LogP contribution in [0.3, 0.4) is 0 Å². The average molecular weight is 444 g/mol. The second-order valence-electron chi connectivity index (χ2n) is 7.51. The van der Waals surface area contributed by atoms with Crippen molar-refractivity contribution in [2.45, 2.75) is 95.0 Å². The molecule has 1 fully saturated rings. The number of unbranched alkanes of at least 4 members (excludes halogenated alkanes) is 2. The zero-order valence-electron chi connectivity index (χ0n) is 16.9. The summed E-state index contributed by atoms with van der Waals surface area (Å²) in [5.41, 5.74) is -0.379. The highest BCUT2D eigenvalue weighted by Gasteiger charge is 2.54. The molecular weight excluding hydrogens is 412 g/mol. The van der Waals surface area contributed by atoms with Crippen molar-refractivity contribution in [2.75, 3.05) is 6.61 Å². The van der Waals surface area contributed by atoms with Crippen LogP contribution in [-0.4, -0.2) is 48.5 Å². The Bertz CT molecular complexity index is 649. The number of nitrogens with one attached hydrogen (secondary N) is 1. The van der Waals surface area contributed by atoms with E-state index in [9.17, 15) is 26.8 Å². The Morgan fingerprint density at radius 1 is 1.17 bits per heavy atom. The second-order valence-corrected chi connectivity index (χ2v) is 8.97. The normalized spacial score (nSPS) is 18.0. The Kier molecular flexibility index (Phi) is 9.74. The topological polar surface area (TPSA) is 119 Å². The van der Waals surface area contributed by atoms with E-state index in [0.717, 1.165) is 38.5 Å². The molecule has 170 valence electrons. The summed E-state index contributed by atoms with van der Waals surface area (Å²) in [5.74, 6) is -2.30. The number of hydrogen-bond acceptors (Lipinski definition) is 6. The van der Waals surface area contributed by atoms with Crippen LogP contribution in [0.15, 0.2) is 0 Å². The van der Waals surface area contributed by atoms with E-state index >= 15 is 0 Å². The summed E-state index contributed by atoms with van der Waals surface area (Å²) in [5, 5.41) is -2.18. The van der Waals surface area contributed by atoms with Crippen LogP contribution >= 0.6 is 0 Å². The third-order valence-corrected chi connectivity index (χ3v) is 5.97. The van der Waals surface area contributed by atoms with Gasteiger partial charge in [-0.05, 0) is 58.3 Å². The Morgan fingerprint density at radius 3 is 2.34 bits per heavy atom. The van der Waals surface area contributed by atoms with Gasteiger partial charge in [-0.15, -0.1) is 0 Å². The fraction of sp³-hybridized carbons (Fsp3) is 0.889. The van der Waals surface area contributed by atoms with Crippen molar-refractivity contribution in [2.24, 2.45) is 0 Å². The second kappa shape index (κ2) is 11.1. The molecule has 1 aliphatic carbocycles. The number of amides is 1. The van der Waals surface area contributed by atoms with Gasteiger partial charge in [0.05, 0.1) is 6.61 Å². The fourth-order valence-corrected chi connectivity index (χ4v) is 3.58. The van der Waals surface area contributed by atoms with E-state index < -0.39 is 34.0 Å². The third kappa shape index (κ3) is 8.04. The van der Waals surface area contributed by atoms with E-state index in [0.29, 0.717) is 19.3 Å². The Morgan fingerprint density at radius 2 is 1.79 bits per heavy atom. The highest BCUT2D eigenvalue weighted by atomic mass is 32.2. The van der Waals surface area contributed by atoms with Gasteiger partial charge in [-0.3, -0.25) is 4.55 Å². The number of carbonyl (C=O) groups excluding carboxylic acids is 2. The molecule has 2 N–H and O–H groups in total. The molecule has 1 atom stereocenters. The minimum atomic E-state index is -5.85. The molecule has 1 aliphatic rings. The SMILES string of the molecule is CCC1(OC(=O)NC(C)CCCCCOC(=O)C(F)(F)S(=O)(=O)O)CCCCC1. The first-order chi connectivity index (χ1) is 13.4. The van der Waals surface area contributed by atoms with Gasteiger partial charge in [0.15, 0.2) is 0 Å². The average Bonchev–Trinajstić information content (AvgIpc) is 2.63. The monoisotopic (exact) mass is 443 g/mol. The quantitative estimate of drug-likeness (QED) is 0.283. The lowest BCUT2D eigenvalue weighted by Gasteiger charge is -2.36. The lowest BCUT2D eigenvalue weighted by molar-refractivity contribution is -0.161. The van der Waals surface area contributed by atoms with E-state index in [2.05, 4.69) is 10.1 Å². The van der Waals surface area contributed by atoms with Crippen LogP contribution in [0.2, 0.25) is 0 Å². The number of alkyl carbamates (subject to hydrolysis) is 1. The molecule has 11 heteroatoms. The maximum absolute atomic E-state index is 13.0. The van der Waals surface area contributed by atoms with Gasteiger partial charge in [-0.2, -0.15) is 17.2 Å². The molecule has 1 rings (SSSR count). The molecule has 0 heterocycles. The highest BCUT2D eigenvalue weighted by molar-refractivity contribution is 7.87. The number of halogens is 2. The largest absolute Gasteiger partial charge is 0.465 e. The first kappa shape index (κ1) is 25.5. The van der Waals surface area contributed by atoms with Gasteiger partial charge in [-0.25, -0.2) is 9.59 Å². The minimum absolute atomic E-state index is 0.147. The molecule has 1 saturated carbocycles. The number of ether oxygens (including phenoxy) is 2. The van der Waals surface area contributed by atoms with Crippen LogP contribution in [0, 0.1) is 0 Å². The maximum Gasteiger partial charge on any atom is 0.465 e. The molecule has 0 aromatic carbocycles. The number of rotatable bonds is 11. The molecule has 0 spiro atoms. The Balaban J connectivity index is 2.21. The van der Waals surface area contributed by atoms with Crippen molar-refractivity contribution in [1.82, 2.24) is 5.32 Å². The van der Waals surface area contributed by atoms with Gasteiger partial charge < -0.3 is 14.8 Å². The van der Waals surface area contributed by atoms with Crippen molar-refractivity contribution in [3.63, 3.8) is 0 Å². The lowest BCUT2D eigenvalue weighted by Crippen LogP contribution is -2.42. The zero-order valence-corrected chi connectivity index (χ0v) is 17.7. The molecule has 0 aliphatic heterocycles. The summed E-state index contributed by atoms with van der Waals surface area (Å²) in [6.45, 7) is 3.45. The molecule has 1 amide bonds. The molecular formula is C18H31F2NO7S. The predicted octanol–water partition coefficient (Wildman–Crippen LogP) is 3.80. The van der Waals surface area contributed by atoms with Crippen LogP contribution in [0.4, 0.5) is 13.6 Å². The molecule has 0 saturated heterocycles. The van der Waals surface area contributed by atoms with Crippen LogP contribution in [0.1, 0.15) is 78.1 Å². The van der Waals surface area contributed by atoms with E-state index in [1.54, 1.807) is 0 Å². The van der Waals surface area contributed by atoms with Crippen LogP contribution in [0.25, 0.3) is 0 Å². The van der Waals surface area contributed by atoms with Crippen LogP contribution in [0.5, 0.6) is 0 Å². The van der Waals surface area contributed by atoms with Crippen molar-refractivity contribution in [3.05, 3.63) is 0 Å². The summed E-state index contributed by atoms with van der Waals surface area (Å²) in [4.78, 5) is 23.2. The number of hydrogen-bond donors (Lipinski definition) is 2. The molecule has 0 radical (unpaired) electrons. The molecule has 1 unspecified atom stereocenters. The summed E-state index contributed by atoms with van der Waals surface area (Å²) >= 11 is 0. The molecule has 29 heavy (non-hydrogen) atoms. The zero-order chi connectivity index (χ0) is 22.1. The van der Waals surface area contributed by atoms with Gasteiger partial charge in [-0.1, -0.05) is 19.8 Å². The summed E-state index contributed by atoms with van der Waals surface area (Å²) in [6.07, 6.45) is 7.36. The van der Waals surface area contributed by atoms with Crippen molar-refractivity contribution in [3.8, 4) is 0 Å². The maximum atomic E-state index is 13.0. The highest BCUT2D eigenvalue weighted by Crippen LogP contribution is 2.34. The molecule has 0 aromatic rings. The van der Waals surface area contributed by atoms with Crippen molar-refractivity contribution in [1.29, 1.82) is 0 Å². The van der Waals surface area contributed by atoms with Gasteiger partial charge in [0, 0.05) is 6.04 Å². The standard InChI is InChI=1S/C18H31F2NO7S/c1-3-17(11-7-5-8-12-17)28-16(23)21-14(2)10-6-4-9-13-27-15(22)18(19,20)29(24,25)26/h14H,3-13H2,1-2H3,(H,21,23)(H,24,25,26). The third-order valence-electron chi connectivity index (χ3n) is 5.16. The molecule has 0 aromatic heterocycles. The lowest BCUT2D eigenvalue weighted by atomic mass is 9.83. The van der Waals surface area contributed by atoms with E-state index in [4.69, 9.17) is 9.29 Å². The first-order valence-corrected chi connectivity index (χ1v) is 11.4. The minimum Gasteiger partial charge on any atom is -0.460 e. The van der Waals surface area contributed by atoms with Crippen LogP contribution < -0.4 is 5.32 Å². The van der Waals surface area contributed by atoms with E-state index in [1.165, 1.54) is 0 Å². The van der Waals surface area contributed by atoms with Gasteiger partial charge >= 0.3 is 27.4 Å². The van der Waals surface area contributed by atoms with Gasteiger partial charge in [0.25, 0.3) is 0 Å². The summed E-state index contributed by atoms with van der Waals surface area (Å²) < 4.78 is 65.0. The predicted molar refractivity (Wildman–Crippen MR) is 101 cm³/mol. The smallest absolute Gasteiger partial charge is 0.460 e. The van der Waals surface area contributed by atoms with Crippen molar-refractivity contribution >= 4 is 22.2 Å². The Hall–Kier alpha value is -1.49. The number of esters is 1. The molecule has 0 bridgehead atoms. The van der Waals surface area contributed by atoms with Gasteiger partial charge in [0.1, 0.15) is 5.60 Å². The Labute approximate surface area is 170 Å². The molecule has 8 nitrogen and oxygen atoms in total. The van der Waals surface area contributed by atoms with E-state index in [-0.39, 0.29) is 18.1 Å². The number of carbonyl (C=O) groups is 2. The van der Waals surface area contributed by atoms with Crippen molar-refractivity contribution < 1.29 is 40.8 Å². The van der Waals surface area contributed by atoms with Gasteiger partial charge in [0.2, 0.25) is 0 Å². The number of alkyl halides is 2. The summed E-state index contributed by atoms with van der Waals surface area (Å²) in [7, 11) is -5.85. The van der Waals surface area contributed by atoms with Crippen LogP contribution in [-0.2, 0) is 24.4 Å². The fourth-order valence-electron chi connectivity index (χ4n) is 3.31.